The first-order valence-corrected chi connectivity index (χ1v) is 17.4. The molecule has 0 aliphatic carbocycles. The summed E-state index contributed by atoms with van der Waals surface area (Å²) in [5.41, 5.74) is 2.20. The van der Waals surface area contributed by atoms with Crippen molar-refractivity contribution in [3.05, 3.63) is 116 Å². The highest BCUT2D eigenvalue weighted by Gasteiger charge is 2.38. The number of piperidine rings is 3. The highest BCUT2D eigenvalue weighted by atomic mass is 35.5. The van der Waals surface area contributed by atoms with Crippen LogP contribution in [0.1, 0.15) is 46.0 Å². The van der Waals surface area contributed by atoms with Crippen LogP contribution in [0.15, 0.2) is 73.1 Å². The van der Waals surface area contributed by atoms with Gasteiger partial charge in [-0.2, -0.15) is 4.73 Å². The average Bonchev–Trinajstić information content (AvgIpc) is 3.13. The zero-order valence-electron chi connectivity index (χ0n) is 27.9. The van der Waals surface area contributed by atoms with E-state index in [9.17, 15) is 19.9 Å². The van der Waals surface area contributed by atoms with E-state index in [1.54, 1.807) is 42.5 Å². The van der Waals surface area contributed by atoms with E-state index >= 15 is 0 Å². The lowest BCUT2D eigenvalue weighted by atomic mass is 9.86. The van der Waals surface area contributed by atoms with Crippen LogP contribution in [0.4, 0.5) is 10.5 Å². The van der Waals surface area contributed by atoms with Crippen molar-refractivity contribution in [2.45, 2.75) is 38.0 Å². The Bertz CT molecular complexity index is 1880. The number of phenolic OH excluding ortho intramolecular Hbond substituents is 1. The first-order valence-electron chi connectivity index (χ1n) is 16.3. The predicted molar refractivity (Wildman–Crippen MR) is 192 cm³/mol. The molecule has 268 valence electrons. The molecule has 1 amide bonds. The number of carbonyl (C=O) groups is 2. The first kappa shape index (κ1) is 36.4. The summed E-state index contributed by atoms with van der Waals surface area (Å²) in [7, 11) is 3.01. The second-order valence-electron chi connectivity index (χ2n) is 12.5. The molecule has 14 heteroatoms. The second kappa shape index (κ2) is 15.9. The monoisotopic (exact) mass is 755 g/mol. The fraction of sp³-hybridized carbons (Fsp3) is 0.324. The number of halogens is 3. The number of esters is 1. The highest BCUT2D eigenvalue weighted by molar-refractivity contribution is 6.35. The molecule has 0 spiro atoms. The van der Waals surface area contributed by atoms with Crippen molar-refractivity contribution < 1.29 is 38.4 Å². The fourth-order valence-corrected chi connectivity index (χ4v) is 7.33. The van der Waals surface area contributed by atoms with Crippen LogP contribution in [0.25, 0.3) is 0 Å². The van der Waals surface area contributed by atoms with Gasteiger partial charge in [0.05, 0.1) is 37.0 Å². The van der Waals surface area contributed by atoms with Gasteiger partial charge in [0.15, 0.2) is 23.9 Å². The summed E-state index contributed by atoms with van der Waals surface area (Å²) in [6, 6.07) is 16.1. The Morgan fingerprint density at radius 1 is 0.941 bits per heavy atom. The average molecular weight is 757 g/mol. The van der Waals surface area contributed by atoms with E-state index < -0.39 is 18.2 Å². The van der Waals surface area contributed by atoms with Crippen molar-refractivity contribution >= 4 is 52.6 Å². The standard InChI is InChI=1S/C37H36Cl3N3O8/c1-48-32-10-7-25(15-34(32)49-2)33(17-27-29(39)19-42(47)20-30(27)40)50-36(45)24-5-3-22(4-6-24)18-43(31-16-26(44)8-9-28(31)38)37(46)51-35-21-41-13-11-23(35)12-14-41/h3-10,15-16,19-20,23,33,35,44H,11-14,17-18,21H2,1-2H3/t33-,35-/m0/s1. The molecule has 4 heterocycles. The molecule has 7 rings (SSSR count). The molecular weight excluding hydrogens is 721 g/mol. The van der Waals surface area contributed by atoms with E-state index in [-0.39, 0.29) is 45.5 Å². The Morgan fingerprint density at radius 2 is 1.63 bits per heavy atom. The molecule has 3 saturated heterocycles. The number of aromatic hydroxyl groups is 1. The number of pyridine rings is 1. The number of rotatable bonds is 11. The van der Waals surface area contributed by atoms with E-state index in [0.29, 0.717) is 51.1 Å². The number of amides is 1. The van der Waals surface area contributed by atoms with E-state index in [2.05, 4.69) is 4.90 Å². The maximum atomic E-state index is 13.7. The number of phenols is 1. The molecule has 2 atom stereocenters. The van der Waals surface area contributed by atoms with Crippen LogP contribution in [0.2, 0.25) is 15.1 Å². The van der Waals surface area contributed by atoms with Gasteiger partial charge >= 0.3 is 12.1 Å². The van der Waals surface area contributed by atoms with Crippen molar-refractivity contribution in [3.63, 3.8) is 0 Å². The van der Waals surface area contributed by atoms with Crippen molar-refractivity contribution in [2.75, 3.05) is 38.8 Å². The maximum Gasteiger partial charge on any atom is 0.414 e. The molecular formula is C37H36Cl3N3O8. The lowest BCUT2D eigenvalue weighted by molar-refractivity contribution is -0.605. The number of carbonyl (C=O) groups excluding carboxylic acids is 2. The number of benzene rings is 3. The number of methoxy groups -OCH3 is 2. The predicted octanol–water partition coefficient (Wildman–Crippen LogP) is 7.38. The van der Waals surface area contributed by atoms with Crippen LogP contribution in [0.3, 0.4) is 0 Å². The second-order valence-corrected chi connectivity index (χ2v) is 13.7. The van der Waals surface area contributed by atoms with Crippen LogP contribution in [-0.4, -0.2) is 62.0 Å². The van der Waals surface area contributed by atoms with Crippen molar-refractivity contribution in [1.82, 2.24) is 4.90 Å². The minimum absolute atomic E-state index is 0.0530. The lowest BCUT2D eigenvalue weighted by Crippen LogP contribution is -2.53. The van der Waals surface area contributed by atoms with Gasteiger partial charge in [-0.1, -0.05) is 53.0 Å². The molecule has 51 heavy (non-hydrogen) atoms. The fourth-order valence-electron chi connectivity index (χ4n) is 6.51. The van der Waals surface area contributed by atoms with Gasteiger partial charge in [0.2, 0.25) is 0 Å². The van der Waals surface area contributed by atoms with Crippen LogP contribution in [0, 0.1) is 11.1 Å². The van der Waals surface area contributed by atoms with E-state index in [4.69, 9.17) is 53.8 Å². The lowest BCUT2D eigenvalue weighted by Gasteiger charge is -2.44. The van der Waals surface area contributed by atoms with Crippen LogP contribution in [-0.2, 0) is 22.4 Å². The molecule has 3 fully saturated rings. The molecule has 3 aliphatic rings. The Kier molecular flexibility index (Phi) is 11.3. The summed E-state index contributed by atoms with van der Waals surface area (Å²) in [4.78, 5) is 31.0. The summed E-state index contributed by atoms with van der Waals surface area (Å²) in [5.74, 6) is 0.510. The Morgan fingerprint density at radius 3 is 2.25 bits per heavy atom. The van der Waals surface area contributed by atoms with Gasteiger partial charge < -0.3 is 29.3 Å². The summed E-state index contributed by atoms with van der Waals surface area (Å²) >= 11 is 19.3. The molecule has 11 nitrogen and oxygen atoms in total. The van der Waals surface area contributed by atoms with E-state index in [0.717, 1.165) is 25.9 Å². The topological polar surface area (TPSA) is 125 Å². The molecule has 0 radical (unpaired) electrons. The Labute approximate surface area is 310 Å². The molecule has 0 unspecified atom stereocenters. The summed E-state index contributed by atoms with van der Waals surface area (Å²) in [6.45, 7) is 2.73. The minimum Gasteiger partial charge on any atom is -0.619 e. The van der Waals surface area contributed by atoms with Gasteiger partial charge in [0.25, 0.3) is 0 Å². The maximum absolute atomic E-state index is 13.7. The van der Waals surface area contributed by atoms with Crippen molar-refractivity contribution in [3.8, 4) is 17.2 Å². The van der Waals surface area contributed by atoms with Crippen LogP contribution < -0.4 is 19.1 Å². The third-order valence-electron chi connectivity index (χ3n) is 9.30. The van der Waals surface area contributed by atoms with Gasteiger partial charge in [0, 0.05) is 24.6 Å². The van der Waals surface area contributed by atoms with Crippen molar-refractivity contribution in [2.24, 2.45) is 5.92 Å². The number of hydrogen-bond donors (Lipinski definition) is 1. The summed E-state index contributed by atoms with van der Waals surface area (Å²) in [6.07, 6.45) is 2.64. The SMILES string of the molecule is COc1ccc([C@H](Cc2c(Cl)c[n+]([O-])cc2Cl)OC(=O)c2ccc(CN(C(=O)O[C@H]3CN4CCC3CC4)c3cc(O)ccc3Cl)cc2)cc1OC. The zero-order valence-corrected chi connectivity index (χ0v) is 30.2. The molecule has 1 N–H and O–H groups in total. The first-order chi connectivity index (χ1) is 24.5. The van der Waals surface area contributed by atoms with Gasteiger partial charge in [0.1, 0.15) is 28.0 Å². The molecule has 4 aromatic rings. The number of aromatic nitrogens is 1. The van der Waals surface area contributed by atoms with Gasteiger partial charge in [-0.05, 0) is 79.4 Å². The Hall–Kier alpha value is -4.42. The number of nitrogens with zero attached hydrogens (tertiary/aromatic N) is 3. The number of fused-ring (bicyclic) bond motifs is 3. The molecule has 1 aromatic heterocycles. The third-order valence-corrected chi connectivity index (χ3v) is 10.3. The zero-order chi connectivity index (χ0) is 36.2. The normalized spacial score (nSPS) is 18.5. The molecule has 0 saturated carbocycles. The summed E-state index contributed by atoms with van der Waals surface area (Å²) in [5, 5.41) is 22.6. The smallest absolute Gasteiger partial charge is 0.414 e. The molecule has 3 aliphatic heterocycles. The summed E-state index contributed by atoms with van der Waals surface area (Å²) < 4.78 is 23.4. The van der Waals surface area contributed by atoms with Crippen LogP contribution >= 0.6 is 34.8 Å². The van der Waals surface area contributed by atoms with Crippen molar-refractivity contribution in [1.29, 1.82) is 0 Å². The van der Waals surface area contributed by atoms with Crippen LogP contribution in [0.5, 0.6) is 17.2 Å². The van der Waals surface area contributed by atoms with E-state index in [1.807, 2.05) is 0 Å². The molecule has 2 bridgehead atoms. The quantitative estimate of drug-likeness (QED) is 0.0949. The number of anilines is 1. The largest absolute Gasteiger partial charge is 0.619 e. The van der Waals surface area contributed by atoms with Gasteiger partial charge in [-0.25, -0.2) is 9.59 Å². The minimum atomic E-state index is -0.890. The van der Waals surface area contributed by atoms with Gasteiger partial charge in [-0.3, -0.25) is 9.80 Å². The number of ether oxygens (including phenoxy) is 4. The number of hydrogen-bond acceptors (Lipinski definition) is 9. The Balaban J connectivity index is 1.23. The van der Waals surface area contributed by atoms with Gasteiger partial charge in [-0.15, -0.1) is 0 Å². The third kappa shape index (κ3) is 8.39. The van der Waals surface area contributed by atoms with E-state index in [1.165, 1.54) is 49.7 Å². The highest BCUT2D eigenvalue weighted by Crippen LogP contribution is 2.37. The molecule has 3 aromatic carbocycles.